The van der Waals surface area contributed by atoms with Crippen LogP contribution in [0.3, 0.4) is 0 Å². The highest BCUT2D eigenvalue weighted by Crippen LogP contribution is 2.22. The van der Waals surface area contributed by atoms with Gasteiger partial charge in [0.05, 0.1) is 0 Å². The minimum atomic E-state index is -0.633. The van der Waals surface area contributed by atoms with E-state index in [0.29, 0.717) is 5.57 Å². The molecule has 1 saturated heterocycles. The van der Waals surface area contributed by atoms with Crippen LogP contribution in [0.5, 0.6) is 0 Å². The molecular formula is C7H10N2O2S. The Morgan fingerprint density at radius 2 is 2.42 bits per heavy atom. The van der Waals surface area contributed by atoms with E-state index in [-0.39, 0.29) is 5.12 Å². The lowest BCUT2D eigenvalue weighted by atomic mass is 10.2. The fourth-order valence-electron chi connectivity index (χ4n) is 0.912. The van der Waals surface area contributed by atoms with E-state index in [1.165, 1.54) is 18.0 Å². The van der Waals surface area contributed by atoms with E-state index >= 15 is 0 Å². The van der Waals surface area contributed by atoms with E-state index in [4.69, 9.17) is 5.73 Å². The number of carbonyl (C=O) groups is 2. The molecule has 3 N–H and O–H groups in total. The van der Waals surface area contributed by atoms with Gasteiger partial charge in [-0.2, -0.15) is 0 Å². The van der Waals surface area contributed by atoms with Gasteiger partial charge in [-0.3, -0.25) is 4.79 Å². The van der Waals surface area contributed by atoms with Gasteiger partial charge in [-0.1, -0.05) is 11.8 Å². The molecule has 1 rings (SSSR count). The number of rotatable bonds is 1. The van der Waals surface area contributed by atoms with Crippen molar-refractivity contribution in [2.45, 2.75) is 12.8 Å². The van der Waals surface area contributed by atoms with Gasteiger partial charge >= 0.3 is 6.03 Å². The predicted molar refractivity (Wildman–Crippen MR) is 47.5 cm³/mol. The standard InChI is InChI=1S/C7H10N2O2S/c8-7(11)9-4-5-2-1-3-12-6(5)10/h4H,1-3H2,(H3,8,9,11)/b5-4-. The number of thioether (sulfide) groups is 1. The number of hydrogen-bond acceptors (Lipinski definition) is 3. The molecule has 1 heterocycles. The van der Waals surface area contributed by atoms with Crippen LogP contribution in [0.4, 0.5) is 4.79 Å². The first-order chi connectivity index (χ1) is 5.70. The van der Waals surface area contributed by atoms with Gasteiger partial charge in [0.2, 0.25) is 5.12 Å². The van der Waals surface area contributed by atoms with Crippen LogP contribution in [-0.2, 0) is 4.79 Å². The predicted octanol–water partition coefficient (Wildman–Crippen LogP) is 0.592. The van der Waals surface area contributed by atoms with Crippen molar-refractivity contribution in [2.24, 2.45) is 5.73 Å². The van der Waals surface area contributed by atoms with E-state index in [0.717, 1.165) is 18.6 Å². The summed E-state index contributed by atoms with van der Waals surface area (Å²) >= 11 is 1.28. The number of urea groups is 1. The van der Waals surface area contributed by atoms with Crippen molar-refractivity contribution < 1.29 is 9.59 Å². The summed E-state index contributed by atoms with van der Waals surface area (Å²) in [6.07, 6.45) is 3.10. The van der Waals surface area contributed by atoms with E-state index in [1.807, 2.05) is 0 Å². The zero-order chi connectivity index (χ0) is 8.97. The quantitative estimate of drug-likeness (QED) is 0.589. The Balaban J connectivity index is 2.53. The SMILES string of the molecule is NC(=O)N/C=C1/CCCSC1=O. The van der Waals surface area contributed by atoms with Crippen LogP contribution >= 0.6 is 11.8 Å². The summed E-state index contributed by atoms with van der Waals surface area (Å²) in [7, 11) is 0. The molecule has 0 aromatic rings. The molecule has 1 aliphatic heterocycles. The molecule has 4 nitrogen and oxygen atoms in total. The number of primary amides is 1. The second kappa shape index (κ2) is 4.15. The Morgan fingerprint density at radius 3 is 3.00 bits per heavy atom. The zero-order valence-electron chi connectivity index (χ0n) is 6.50. The van der Waals surface area contributed by atoms with Gasteiger partial charge in [-0.05, 0) is 12.8 Å². The van der Waals surface area contributed by atoms with Crippen molar-refractivity contribution >= 4 is 22.9 Å². The van der Waals surface area contributed by atoms with Gasteiger partial charge in [0, 0.05) is 17.5 Å². The lowest BCUT2D eigenvalue weighted by molar-refractivity contribution is -0.108. The van der Waals surface area contributed by atoms with Crippen molar-refractivity contribution in [3.63, 3.8) is 0 Å². The Morgan fingerprint density at radius 1 is 1.67 bits per heavy atom. The summed E-state index contributed by atoms with van der Waals surface area (Å²) in [6, 6.07) is -0.633. The molecule has 0 saturated carbocycles. The fourth-order valence-corrected chi connectivity index (χ4v) is 1.73. The van der Waals surface area contributed by atoms with Gasteiger partial charge in [0.25, 0.3) is 0 Å². The summed E-state index contributed by atoms with van der Waals surface area (Å²) in [4.78, 5) is 21.4. The maximum Gasteiger partial charge on any atom is 0.316 e. The third kappa shape index (κ3) is 2.58. The molecule has 1 aliphatic rings. The molecule has 0 unspecified atom stereocenters. The summed E-state index contributed by atoms with van der Waals surface area (Å²) in [5.74, 6) is 0.868. The van der Waals surface area contributed by atoms with Crippen molar-refractivity contribution in [1.82, 2.24) is 5.32 Å². The molecule has 0 bridgehead atoms. The third-order valence-electron chi connectivity index (χ3n) is 1.47. The Hall–Kier alpha value is -0.970. The van der Waals surface area contributed by atoms with E-state index in [2.05, 4.69) is 5.32 Å². The first-order valence-electron chi connectivity index (χ1n) is 3.62. The van der Waals surface area contributed by atoms with Gasteiger partial charge < -0.3 is 11.1 Å². The van der Waals surface area contributed by atoms with E-state index < -0.39 is 6.03 Å². The van der Waals surface area contributed by atoms with Crippen LogP contribution in [0.15, 0.2) is 11.8 Å². The fraction of sp³-hybridized carbons (Fsp3) is 0.429. The van der Waals surface area contributed by atoms with Crippen LogP contribution < -0.4 is 11.1 Å². The molecule has 0 radical (unpaired) electrons. The highest BCUT2D eigenvalue weighted by atomic mass is 32.2. The number of hydrogen-bond donors (Lipinski definition) is 2. The van der Waals surface area contributed by atoms with Gasteiger partial charge in [0.15, 0.2) is 0 Å². The maximum atomic E-state index is 11.1. The summed E-state index contributed by atoms with van der Waals surface area (Å²) < 4.78 is 0. The third-order valence-corrected chi connectivity index (χ3v) is 2.49. The first-order valence-corrected chi connectivity index (χ1v) is 4.61. The van der Waals surface area contributed by atoms with Gasteiger partial charge in [-0.15, -0.1) is 0 Å². The average Bonchev–Trinajstić information content (AvgIpc) is 2.03. The van der Waals surface area contributed by atoms with Crippen molar-refractivity contribution in [1.29, 1.82) is 0 Å². The van der Waals surface area contributed by atoms with Gasteiger partial charge in [0.1, 0.15) is 0 Å². The molecule has 1 fully saturated rings. The topological polar surface area (TPSA) is 72.2 Å². The summed E-state index contributed by atoms with van der Waals surface area (Å²) in [6.45, 7) is 0. The Labute approximate surface area is 74.6 Å². The van der Waals surface area contributed by atoms with E-state index in [9.17, 15) is 9.59 Å². The van der Waals surface area contributed by atoms with Crippen molar-refractivity contribution in [2.75, 3.05) is 5.75 Å². The molecule has 0 spiro atoms. The second-order valence-electron chi connectivity index (χ2n) is 2.42. The molecule has 66 valence electrons. The lowest BCUT2D eigenvalue weighted by Gasteiger charge is -2.11. The monoisotopic (exact) mass is 186 g/mol. The van der Waals surface area contributed by atoms with E-state index in [1.54, 1.807) is 0 Å². The minimum absolute atomic E-state index is 0.0370. The molecule has 0 aromatic heterocycles. The molecule has 0 atom stereocenters. The maximum absolute atomic E-state index is 11.1. The number of nitrogens with one attached hydrogen (secondary N) is 1. The van der Waals surface area contributed by atoms with Crippen LogP contribution in [0.1, 0.15) is 12.8 Å². The number of carbonyl (C=O) groups excluding carboxylic acids is 2. The number of amides is 2. The smallest absolute Gasteiger partial charge is 0.316 e. The van der Waals surface area contributed by atoms with Crippen LogP contribution in [0.25, 0.3) is 0 Å². The van der Waals surface area contributed by atoms with Crippen molar-refractivity contribution in [3.05, 3.63) is 11.8 Å². The molecule has 2 amide bonds. The highest BCUT2D eigenvalue weighted by Gasteiger charge is 2.15. The van der Waals surface area contributed by atoms with Gasteiger partial charge in [-0.25, -0.2) is 4.79 Å². The molecule has 5 heteroatoms. The zero-order valence-corrected chi connectivity index (χ0v) is 7.32. The Kier molecular flexibility index (Phi) is 3.16. The highest BCUT2D eigenvalue weighted by molar-refractivity contribution is 8.14. The Bertz CT molecular complexity index is 238. The molecule has 0 aromatic carbocycles. The summed E-state index contributed by atoms with van der Waals surface area (Å²) in [5.41, 5.74) is 5.49. The van der Waals surface area contributed by atoms with Crippen LogP contribution in [-0.4, -0.2) is 16.9 Å². The summed E-state index contributed by atoms with van der Waals surface area (Å²) in [5, 5.41) is 2.33. The molecule has 12 heavy (non-hydrogen) atoms. The second-order valence-corrected chi connectivity index (χ2v) is 3.49. The van der Waals surface area contributed by atoms with Crippen molar-refractivity contribution in [3.8, 4) is 0 Å². The lowest BCUT2D eigenvalue weighted by Crippen LogP contribution is -2.25. The largest absolute Gasteiger partial charge is 0.351 e. The van der Waals surface area contributed by atoms with Crippen LogP contribution in [0, 0.1) is 0 Å². The minimum Gasteiger partial charge on any atom is -0.351 e. The number of nitrogens with two attached hydrogens (primary N) is 1. The van der Waals surface area contributed by atoms with Crippen LogP contribution in [0.2, 0.25) is 0 Å². The average molecular weight is 186 g/mol. The molecule has 0 aliphatic carbocycles. The normalized spacial score (nSPS) is 21.0. The first kappa shape index (κ1) is 9.12. The molecular weight excluding hydrogens is 176 g/mol.